The number of halogens is 2. The van der Waals surface area contributed by atoms with Crippen LogP contribution in [0.2, 0.25) is 10.0 Å². The summed E-state index contributed by atoms with van der Waals surface area (Å²) in [6.45, 7) is 1.98. The highest BCUT2D eigenvalue weighted by atomic mass is 35.5. The van der Waals surface area contributed by atoms with E-state index in [1.165, 1.54) is 7.11 Å². The van der Waals surface area contributed by atoms with Gasteiger partial charge in [0.25, 0.3) is 0 Å². The van der Waals surface area contributed by atoms with Gasteiger partial charge in [0, 0.05) is 28.9 Å². The molecule has 2 aromatic heterocycles. The third-order valence-corrected chi connectivity index (χ3v) is 4.21. The predicted molar refractivity (Wildman–Crippen MR) is 89.5 cm³/mol. The van der Waals surface area contributed by atoms with Crippen molar-refractivity contribution in [2.75, 3.05) is 7.11 Å². The Bertz CT molecular complexity index is 884. The standard InChI is InChI=1S/C17H13Cl2NO2/c1-10-3-4-11-5-13(16(9-21)20(11)8-10)12-6-15(19)17(22-2)7-14(12)18/h3-9H,1-2H3. The van der Waals surface area contributed by atoms with Crippen LogP contribution in [-0.4, -0.2) is 17.8 Å². The molecule has 22 heavy (non-hydrogen) atoms. The number of fused-ring (bicyclic) bond motifs is 1. The lowest BCUT2D eigenvalue weighted by Crippen LogP contribution is -1.94. The fraction of sp³-hybridized carbons (Fsp3) is 0.118. The Morgan fingerprint density at radius 2 is 1.86 bits per heavy atom. The first-order chi connectivity index (χ1) is 10.5. The van der Waals surface area contributed by atoms with Gasteiger partial charge in [-0.15, -0.1) is 0 Å². The number of pyridine rings is 1. The van der Waals surface area contributed by atoms with Crippen LogP contribution in [0, 0.1) is 6.92 Å². The maximum atomic E-state index is 11.6. The first-order valence-corrected chi connectivity index (χ1v) is 7.41. The van der Waals surface area contributed by atoms with E-state index in [9.17, 15) is 4.79 Å². The van der Waals surface area contributed by atoms with Crippen LogP contribution in [-0.2, 0) is 0 Å². The van der Waals surface area contributed by atoms with Crippen molar-refractivity contribution < 1.29 is 9.53 Å². The number of methoxy groups -OCH3 is 1. The molecule has 0 aliphatic heterocycles. The van der Waals surface area contributed by atoms with Gasteiger partial charge in [-0.25, -0.2) is 0 Å². The summed E-state index contributed by atoms with van der Waals surface area (Å²) in [7, 11) is 1.53. The summed E-state index contributed by atoms with van der Waals surface area (Å²) in [6, 6.07) is 9.26. The van der Waals surface area contributed by atoms with E-state index in [0.717, 1.165) is 22.9 Å². The number of aldehydes is 1. The van der Waals surface area contributed by atoms with Crippen LogP contribution in [0.25, 0.3) is 16.6 Å². The van der Waals surface area contributed by atoms with Gasteiger partial charge in [0.1, 0.15) is 5.75 Å². The van der Waals surface area contributed by atoms with Crippen molar-refractivity contribution in [2.24, 2.45) is 0 Å². The minimum atomic E-state index is 0.449. The van der Waals surface area contributed by atoms with Gasteiger partial charge in [-0.05, 0) is 30.7 Å². The van der Waals surface area contributed by atoms with Crippen molar-refractivity contribution in [3.8, 4) is 16.9 Å². The Labute approximate surface area is 138 Å². The third kappa shape index (κ3) is 2.36. The molecule has 0 N–H and O–H groups in total. The molecule has 0 unspecified atom stereocenters. The zero-order valence-electron chi connectivity index (χ0n) is 12.1. The zero-order valence-corrected chi connectivity index (χ0v) is 13.6. The molecule has 0 radical (unpaired) electrons. The highest BCUT2D eigenvalue weighted by molar-refractivity contribution is 6.36. The van der Waals surface area contributed by atoms with E-state index in [4.69, 9.17) is 27.9 Å². The number of ether oxygens (including phenoxy) is 1. The van der Waals surface area contributed by atoms with Gasteiger partial charge in [-0.3, -0.25) is 4.79 Å². The van der Waals surface area contributed by atoms with E-state index < -0.39 is 0 Å². The molecule has 0 atom stereocenters. The van der Waals surface area contributed by atoms with E-state index >= 15 is 0 Å². The van der Waals surface area contributed by atoms with Crippen LogP contribution in [0.3, 0.4) is 0 Å². The van der Waals surface area contributed by atoms with E-state index in [0.29, 0.717) is 27.1 Å². The summed E-state index contributed by atoms with van der Waals surface area (Å²) in [6.07, 6.45) is 2.75. The number of hydrogen-bond donors (Lipinski definition) is 0. The maximum Gasteiger partial charge on any atom is 0.167 e. The molecule has 0 aliphatic rings. The van der Waals surface area contributed by atoms with Crippen LogP contribution in [0.1, 0.15) is 16.1 Å². The van der Waals surface area contributed by atoms with Gasteiger partial charge in [-0.1, -0.05) is 29.3 Å². The van der Waals surface area contributed by atoms with Crippen molar-refractivity contribution in [1.82, 2.24) is 4.40 Å². The summed E-state index contributed by atoms with van der Waals surface area (Å²) in [5, 5.41) is 0.933. The Balaban J connectivity index is 2.30. The quantitative estimate of drug-likeness (QED) is 0.628. The normalized spacial score (nSPS) is 10.9. The fourth-order valence-electron chi connectivity index (χ4n) is 2.52. The van der Waals surface area contributed by atoms with Crippen molar-refractivity contribution in [3.63, 3.8) is 0 Å². The summed E-state index contributed by atoms with van der Waals surface area (Å²) in [5.74, 6) is 0.502. The Kier molecular flexibility index (Phi) is 3.85. The van der Waals surface area contributed by atoms with Crippen LogP contribution < -0.4 is 4.74 Å². The van der Waals surface area contributed by atoms with Crippen molar-refractivity contribution in [2.45, 2.75) is 6.92 Å². The minimum absolute atomic E-state index is 0.449. The summed E-state index contributed by atoms with van der Waals surface area (Å²) < 4.78 is 7.01. The number of aryl methyl sites for hydroxylation is 1. The lowest BCUT2D eigenvalue weighted by Gasteiger charge is -2.08. The largest absolute Gasteiger partial charge is 0.495 e. The molecule has 0 fully saturated rings. The number of nitrogens with zero attached hydrogens (tertiary/aromatic N) is 1. The second-order valence-corrected chi connectivity index (χ2v) is 5.84. The van der Waals surface area contributed by atoms with Crippen LogP contribution in [0.4, 0.5) is 0 Å². The van der Waals surface area contributed by atoms with Crippen LogP contribution >= 0.6 is 23.2 Å². The molecule has 3 aromatic rings. The number of hydrogen-bond acceptors (Lipinski definition) is 2. The van der Waals surface area contributed by atoms with Gasteiger partial charge < -0.3 is 9.14 Å². The number of carbonyl (C=O) groups is 1. The first-order valence-electron chi connectivity index (χ1n) is 6.65. The molecule has 3 rings (SSSR count). The highest BCUT2D eigenvalue weighted by Crippen LogP contribution is 2.38. The molecule has 112 valence electrons. The summed E-state index contributed by atoms with van der Waals surface area (Å²) >= 11 is 12.5. The molecular weight excluding hydrogens is 321 g/mol. The molecule has 0 spiro atoms. The number of carbonyl (C=O) groups excluding carboxylic acids is 1. The Hall–Kier alpha value is -1.97. The van der Waals surface area contributed by atoms with Crippen molar-refractivity contribution >= 4 is 35.0 Å². The number of aromatic nitrogens is 1. The van der Waals surface area contributed by atoms with Gasteiger partial charge in [0.2, 0.25) is 0 Å². The van der Waals surface area contributed by atoms with Gasteiger partial charge in [0.05, 0.1) is 22.8 Å². The SMILES string of the molecule is COc1cc(Cl)c(-c2cc3ccc(C)cn3c2C=O)cc1Cl. The predicted octanol–water partition coefficient (Wildman–Crippen LogP) is 5.04. The molecule has 0 aliphatic carbocycles. The Morgan fingerprint density at radius 1 is 1.09 bits per heavy atom. The van der Waals surface area contributed by atoms with Gasteiger partial charge >= 0.3 is 0 Å². The molecule has 0 amide bonds. The molecule has 0 bridgehead atoms. The lowest BCUT2D eigenvalue weighted by atomic mass is 10.1. The lowest BCUT2D eigenvalue weighted by molar-refractivity contribution is 0.111. The first kappa shape index (κ1) is 14.9. The zero-order chi connectivity index (χ0) is 15.9. The fourth-order valence-corrected chi connectivity index (χ4v) is 3.02. The third-order valence-electron chi connectivity index (χ3n) is 3.60. The van der Waals surface area contributed by atoms with Crippen LogP contribution in [0.15, 0.2) is 36.5 Å². The average molecular weight is 334 g/mol. The second kappa shape index (κ2) is 5.67. The average Bonchev–Trinajstić information content (AvgIpc) is 2.86. The van der Waals surface area contributed by atoms with E-state index in [2.05, 4.69) is 0 Å². The highest BCUT2D eigenvalue weighted by Gasteiger charge is 2.16. The van der Waals surface area contributed by atoms with Crippen molar-refractivity contribution in [1.29, 1.82) is 0 Å². The molecule has 3 nitrogen and oxygen atoms in total. The van der Waals surface area contributed by atoms with Crippen molar-refractivity contribution in [3.05, 3.63) is 57.8 Å². The van der Waals surface area contributed by atoms with Crippen LogP contribution in [0.5, 0.6) is 5.75 Å². The van der Waals surface area contributed by atoms with E-state index in [1.807, 2.05) is 35.7 Å². The maximum absolute atomic E-state index is 11.6. The number of benzene rings is 1. The molecule has 2 heterocycles. The second-order valence-electron chi connectivity index (χ2n) is 5.03. The minimum Gasteiger partial charge on any atom is -0.495 e. The topological polar surface area (TPSA) is 30.7 Å². The summed E-state index contributed by atoms with van der Waals surface area (Å²) in [5.41, 5.74) is 3.98. The monoisotopic (exact) mass is 333 g/mol. The van der Waals surface area contributed by atoms with E-state index in [-0.39, 0.29) is 0 Å². The Morgan fingerprint density at radius 3 is 2.55 bits per heavy atom. The summed E-state index contributed by atoms with van der Waals surface area (Å²) in [4.78, 5) is 11.6. The van der Waals surface area contributed by atoms with E-state index in [1.54, 1.807) is 12.1 Å². The van der Waals surface area contributed by atoms with Gasteiger partial charge in [-0.2, -0.15) is 0 Å². The molecular formula is C17H13Cl2NO2. The molecule has 0 saturated carbocycles. The number of rotatable bonds is 3. The molecule has 5 heteroatoms. The smallest absolute Gasteiger partial charge is 0.167 e. The molecule has 1 aromatic carbocycles. The van der Waals surface area contributed by atoms with Gasteiger partial charge in [0.15, 0.2) is 6.29 Å². The molecule has 0 saturated heterocycles.